The summed E-state index contributed by atoms with van der Waals surface area (Å²) in [4.78, 5) is 14.1. The lowest BCUT2D eigenvalue weighted by Gasteiger charge is -2.11. The minimum absolute atomic E-state index is 0.173. The molecule has 1 rings (SSSR count). The first-order chi connectivity index (χ1) is 7.74. The van der Waals surface area contributed by atoms with Crippen molar-refractivity contribution in [1.82, 2.24) is 4.98 Å². The van der Waals surface area contributed by atoms with Crippen molar-refractivity contribution in [2.45, 2.75) is 11.7 Å². The Morgan fingerprint density at radius 2 is 2.18 bits per heavy atom. The molecule has 1 N–H and O–H groups in total. The molecule has 1 aromatic heterocycles. The van der Waals surface area contributed by atoms with Crippen molar-refractivity contribution in [2.75, 3.05) is 0 Å². The first-order valence-corrected chi connectivity index (χ1v) is 6.19. The molecular weight excluding hydrogens is 422 g/mol. The van der Waals surface area contributed by atoms with Crippen molar-refractivity contribution in [3.05, 3.63) is 20.9 Å². The number of carboxylic acids is 1. The lowest BCUT2D eigenvalue weighted by atomic mass is 10.2. The number of aromatic carboxylic acids is 1. The summed E-state index contributed by atoms with van der Waals surface area (Å²) in [6.07, 6.45) is -4.90. The van der Waals surface area contributed by atoms with Crippen molar-refractivity contribution < 1.29 is 27.8 Å². The lowest BCUT2D eigenvalue weighted by Crippen LogP contribution is -2.19. The van der Waals surface area contributed by atoms with E-state index in [1.807, 2.05) is 0 Å². The standard InChI is InChI=1S/C8H4BrF3INO3/c9-2-3-4(13)1-5(17-8(10,11)12)14-6(3)7(15)16/h1H,2H2,(H,15,16). The number of rotatable bonds is 3. The molecule has 9 heteroatoms. The van der Waals surface area contributed by atoms with Gasteiger partial charge in [0.15, 0.2) is 5.69 Å². The Bertz CT molecular complexity index is 452. The SMILES string of the molecule is O=C(O)c1nc(OC(F)(F)F)cc(I)c1CBr. The number of alkyl halides is 4. The van der Waals surface area contributed by atoms with Crippen LogP contribution in [0.5, 0.6) is 5.88 Å². The molecule has 0 atom stereocenters. The Morgan fingerprint density at radius 1 is 1.59 bits per heavy atom. The fourth-order valence-corrected chi connectivity index (χ4v) is 2.80. The van der Waals surface area contributed by atoms with Gasteiger partial charge in [0.2, 0.25) is 5.88 Å². The van der Waals surface area contributed by atoms with Gasteiger partial charge in [0.25, 0.3) is 0 Å². The topological polar surface area (TPSA) is 59.4 Å². The van der Waals surface area contributed by atoms with Gasteiger partial charge in [0.1, 0.15) is 0 Å². The van der Waals surface area contributed by atoms with E-state index in [1.165, 1.54) is 0 Å². The summed E-state index contributed by atoms with van der Waals surface area (Å²) in [5, 5.41) is 8.99. The number of aromatic nitrogens is 1. The smallest absolute Gasteiger partial charge is 0.476 e. The van der Waals surface area contributed by atoms with E-state index in [4.69, 9.17) is 5.11 Å². The molecule has 0 fully saturated rings. The third-order valence-corrected chi connectivity index (χ3v) is 3.13. The van der Waals surface area contributed by atoms with Crippen LogP contribution in [0.1, 0.15) is 16.1 Å². The summed E-state index contributed by atoms with van der Waals surface area (Å²) in [5.41, 5.74) is -0.166. The minimum Gasteiger partial charge on any atom is -0.476 e. The van der Waals surface area contributed by atoms with Crippen molar-refractivity contribution in [1.29, 1.82) is 0 Å². The van der Waals surface area contributed by atoms with E-state index in [0.717, 1.165) is 6.07 Å². The highest BCUT2D eigenvalue weighted by Crippen LogP contribution is 2.27. The molecule has 0 saturated carbocycles. The zero-order valence-electron chi connectivity index (χ0n) is 7.89. The van der Waals surface area contributed by atoms with E-state index < -0.39 is 23.9 Å². The van der Waals surface area contributed by atoms with Crippen molar-refractivity contribution >= 4 is 44.5 Å². The summed E-state index contributed by atoms with van der Waals surface area (Å²) >= 11 is 4.76. The van der Waals surface area contributed by atoms with E-state index in [-0.39, 0.29) is 5.33 Å². The van der Waals surface area contributed by atoms with Gasteiger partial charge in [-0.15, -0.1) is 13.2 Å². The molecule has 0 spiro atoms. The van der Waals surface area contributed by atoms with Crippen molar-refractivity contribution in [2.24, 2.45) is 0 Å². The normalized spacial score (nSPS) is 11.4. The number of halogens is 5. The number of hydrogen-bond donors (Lipinski definition) is 1. The molecule has 0 bridgehead atoms. The molecule has 94 valence electrons. The van der Waals surface area contributed by atoms with E-state index >= 15 is 0 Å². The monoisotopic (exact) mass is 425 g/mol. The molecule has 0 radical (unpaired) electrons. The third-order valence-electron chi connectivity index (χ3n) is 1.60. The molecule has 0 aliphatic carbocycles. The van der Waals surface area contributed by atoms with E-state index in [9.17, 15) is 18.0 Å². The van der Waals surface area contributed by atoms with Crippen LogP contribution in [0.4, 0.5) is 13.2 Å². The maximum Gasteiger partial charge on any atom is 0.574 e. The summed E-state index contributed by atoms with van der Waals surface area (Å²) in [6, 6.07) is 1.02. The molecule has 0 aliphatic heterocycles. The van der Waals surface area contributed by atoms with Crippen molar-refractivity contribution in [3.8, 4) is 5.88 Å². The van der Waals surface area contributed by atoms with E-state index in [2.05, 4.69) is 25.7 Å². The molecule has 1 heterocycles. The number of carboxylic acid groups (broad SMARTS) is 1. The second-order valence-corrected chi connectivity index (χ2v) is 4.48. The Morgan fingerprint density at radius 3 is 2.59 bits per heavy atom. The Labute approximate surface area is 115 Å². The molecular formula is C8H4BrF3INO3. The Balaban J connectivity index is 3.25. The van der Waals surface area contributed by atoms with E-state index in [1.54, 1.807) is 22.6 Å². The average Bonchev–Trinajstić information content (AvgIpc) is 2.13. The molecule has 0 aliphatic rings. The van der Waals surface area contributed by atoms with Crippen LogP contribution in [0.25, 0.3) is 0 Å². The van der Waals surface area contributed by atoms with Crippen LogP contribution < -0.4 is 4.74 Å². The van der Waals surface area contributed by atoms with Gasteiger partial charge in [-0.2, -0.15) is 0 Å². The summed E-state index contributed by atoms with van der Waals surface area (Å²) in [5.74, 6) is -2.20. The molecule has 0 unspecified atom stereocenters. The summed E-state index contributed by atoms with van der Waals surface area (Å²) in [6.45, 7) is 0. The van der Waals surface area contributed by atoms with Crippen LogP contribution in [-0.2, 0) is 5.33 Å². The average molecular weight is 426 g/mol. The summed E-state index contributed by atoms with van der Waals surface area (Å²) in [7, 11) is 0. The molecule has 0 saturated heterocycles. The maximum absolute atomic E-state index is 12.0. The van der Waals surface area contributed by atoms with Gasteiger partial charge in [-0.3, -0.25) is 0 Å². The van der Waals surface area contributed by atoms with Crippen LogP contribution in [0.2, 0.25) is 0 Å². The van der Waals surface area contributed by atoms with Crippen LogP contribution in [0.3, 0.4) is 0 Å². The zero-order valence-corrected chi connectivity index (χ0v) is 11.6. The quantitative estimate of drug-likeness (QED) is 0.597. The van der Waals surface area contributed by atoms with Gasteiger partial charge in [-0.1, -0.05) is 15.9 Å². The van der Waals surface area contributed by atoms with Gasteiger partial charge < -0.3 is 9.84 Å². The lowest BCUT2D eigenvalue weighted by molar-refractivity contribution is -0.276. The maximum atomic E-state index is 12.0. The minimum atomic E-state index is -4.90. The fourth-order valence-electron chi connectivity index (χ4n) is 0.993. The number of carbonyl (C=O) groups is 1. The van der Waals surface area contributed by atoms with Gasteiger partial charge in [-0.05, 0) is 22.6 Å². The van der Waals surface area contributed by atoms with Crippen LogP contribution in [-0.4, -0.2) is 22.4 Å². The second kappa shape index (κ2) is 5.38. The van der Waals surface area contributed by atoms with Crippen LogP contribution >= 0.6 is 38.5 Å². The number of nitrogens with zero attached hydrogens (tertiary/aromatic N) is 1. The third kappa shape index (κ3) is 3.98. The molecule has 0 aromatic carbocycles. The molecule has 17 heavy (non-hydrogen) atoms. The second-order valence-electron chi connectivity index (χ2n) is 2.76. The number of ether oxygens (including phenoxy) is 1. The predicted octanol–water partition coefficient (Wildman–Crippen LogP) is 3.18. The van der Waals surface area contributed by atoms with Crippen LogP contribution in [0, 0.1) is 3.57 Å². The van der Waals surface area contributed by atoms with Gasteiger partial charge in [-0.25, -0.2) is 9.78 Å². The van der Waals surface area contributed by atoms with E-state index in [0.29, 0.717) is 9.13 Å². The Hall–Kier alpha value is -0.580. The zero-order chi connectivity index (χ0) is 13.2. The molecule has 0 amide bonds. The molecule has 1 aromatic rings. The molecule has 4 nitrogen and oxygen atoms in total. The van der Waals surface area contributed by atoms with Gasteiger partial charge in [0.05, 0.1) is 0 Å². The highest BCUT2D eigenvalue weighted by Gasteiger charge is 2.32. The predicted molar refractivity (Wildman–Crippen MR) is 63.2 cm³/mol. The summed E-state index contributed by atoms with van der Waals surface area (Å²) < 4.78 is 39.8. The highest BCUT2D eigenvalue weighted by molar-refractivity contribution is 14.1. The van der Waals surface area contributed by atoms with Crippen LogP contribution in [0.15, 0.2) is 6.07 Å². The Kier molecular flexibility index (Phi) is 4.58. The first-order valence-electron chi connectivity index (χ1n) is 3.99. The van der Waals surface area contributed by atoms with Gasteiger partial charge in [0, 0.05) is 20.5 Å². The number of pyridine rings is 1. The van der Waals surface area contributed by atoms with Gasteiger partial charge >= 0.3 is 12.3 Å². The highest BCUT2D eigenvalue weighted by atomic mass is 127. The largest absolute Gasteiger partial charge is 0.574 e. The fraction of sp³-hybridized carbons (Fsp3) is 0.250. The number of hydrogen-bond acceptors (Lipinski definition) is 3. The van der Waals surface area contributed by atoms with Crippen molar-refractivity contribution in [3.63, 3.8) is 0 Å². The first kappa shape index (κ1) is 14.5.